The second-order valence-corrected chi connectivity index (χ2v) is 5.96. The van der Waals surface area contributed by atoms with E-state index in [0.717, 1.165) is 17.5 Å². The maximum absolute atomic E-state index is 11.9. The number of amides is 1. The zero-order valence-electron chi connectivity index (χ0n) is 11.1. The van der Waals surface area contributed by atoms with Crippen molar-refractivity contribution in [2.45, 2.75) is 5.22 Å². The number of nitrogens with one attached hydrogen (secondary N) is 2. The molecule has 3 heterocycles. The Kier molecular flexibility index (Phi) is 4.35. The minimum Gasteiger partial charge on any atom is -0.410 e. The average Bonchev–Trinajstić information content (AvgIpc) is 3.25. The highest BCUT2D eigenvalue weighted by atomic mass is 32.2. The first-order valence-electron chi connectivity index (χ1n) is 6.19. The fourth-order valence-corrected chi connectivity index (χ4v) is 2.98. The quantitative estimate of drug-likeness (QED) is 0.531. The van der Waals surface area contributed by atoms with Crippen molar-refractivity contribution in [1.82, 2.24) is 15.2 Å². The van der Waals surface area contributed by atoms with Gasteiger partial charge in [-0.2, -0.15) is 0 Å². The summed E-state index contributed by atoms with van der Waals surface area (Å²) >= 11 is 2.43. The number of aromatic nitrogens is 3. The number of aromatic amines is 1. The highest BCUT2D eigenvalue weighted by Crippen LogP contribution is 2.24. The van der Waals surface area contributed by atoms with Crippen LogP contribution in [-0.4, -0.2) is 33.1 Å². The topological polar surface area (TPSA) is 101 Å². The van der Waals surface area contributed by atoms with Crippen LogP contribution in [-0.2, 0) is 4.79 Å². The van der Waals surface area contributed by atoms with Gasteiger partial charge in [0.1, 0.15) is 10.7 Å². The van der Waals surface area contributed by atoms with E-state index in [0.29, 0.717) is 28.0 Å². The van der Waals surface area contributed by atoms with E-state index < -0.39 is 0 Å². The van der Waals surface area contributed by atoms with E-state index in [1.165, 1.54) is 11.3 Å². The number of carbonyl (C=O) groups is 2. The Morgan fingerprint density at radius 1 is 1.45 bits per heavy atom. The molecule has 0 saturated carbocycles. The summed E-state index contributed by atoms with van der Waals surface area (Å²) in [6.07, 6.45) is 2.46. The lowest BCUT2D eigenvalue weighted by Gasteiger charge is -2.01. The second kappa shape index (κ2) is 6.58. The first-order valence-corrected chi connectivity index (χ1v) is 8.05. The van der Waals surface area contributed by atoms with Crippen LogP contribution in [0.4, 0.5) is 5.00 Å². The summed E-state index contributed by atoms with van der Waals surface area (Å²) < 4.78 is 5.43. The summed E-state index contributed by atoms with van der Waals surface area (Å²) in [5.74, 6) is 0.243. The molecule has 0 fully saturated rings. The number of hydrogen-bond donors (Lipinski definition) is 2. The zero-order chi connectivity index (χ0) is 15.4. The van der Waals surface area contributed by atoms with Gasteiger partial charge in [-0.05, 0) is 23.6 Å². The first-order chi connectivity index (χ1) is 10.8. The van der Waals surface area contributed by atoms with Gasteiger partial charge in [-0.15, -0.1) is 21.5 Å². The third-order valence-corrected chi connectivity index (χ3v) is 4.30. The summed E-state index contributed by atoms with van der Waals surface area (Å²) in [5, 5.41) is 13.0. The lowest BCUT2D eigenvalue weighted by atomic mass is 10.3. The van der Waals surface area contributed by atoms with Crippen molar-refractivity contribution in [3.05, 3.63) is 35.3 Å². The molecule has 0 saturated heterocycles. The molecule has 0 spiro atoms. The molecule has 9 heteroatoms. The molecule has 3 rings (SSSR count). The van der Waals surface area contributed by atoms with Gasteiger partial charge >= 0.3 is 0 Å². The van der Waals surface area contributed by atoms with Gasteiger partial charge in [-0.3, -0.25) is 9.59 Å². The molecule has 7 nitrogen and oxygen atoms in total. The van der Waals surface area contributed by atoms with E-state index in [9.17, 15) is 9.59 Å². The molecule has 0 unspecified atom stereocenters. The highest BCUT2D eigenvalue weighted by molar-refractivity contribution is 7.99. The molecule has 0 atom stereocenters. The number of H-pyrrole nitrogens is 1. The fraction of sp³-hybridized carbons (Fsp3) is 0.0769. The minimum absolute atomic E-state index is 0.114. The standard InChI is InChI=1S/C13H10N4O3S2/c18-6-8-3-5-21-12(8)15-10(19)7-22-13-17-16-11(20-13)9-2-1-4-14-9/h1-6,14H,7H2,(H,15,19). The molecule has 0 bridgehead atoms. The molecule has 2 N–H and O–H groups in total. The monoisotopic (exact) mass is 334 g/mol. The van der Waals surface area contributed by atoms with E-state index in [1.807, 2.05) is 12.1 Å². The molecule has 0 aliphatic heterocycles. The lowest BCUT2D eigenvalue weighted by Crippen LogP contribution is -2.14. The van der Waals surface area contributed by atoms with E-state index in [1.54, 1.807) is 17.6 Å². The van der Waals surface area contributed by atoms with Crippen molar-refractivity contribution in [3.8, 4) is 11.6 Å². The smallest absolute Gasteiger partial charge is 0.277 e. The Morgan fingerprint density at radius 3 is 3.14 bits per heavy atom. The van der Waals surface area contributed by atoms with Gasteiger partial charge in [0.2, 0.25) is 5.91 Å². The van der Waals surface area contributed by atoms with Crippen LogP contribution in [0.15, 0.2) is 39.4 Å². The van der Waals surface area contributed by atoms with Gasteiger partial charge in [-0.25, -0.2) is 0 Å². The number of thiophene rings is 1. The van der Waals surface area contributed by atoms with Crippen LogP contribution in [0.25, 0.3) is 11.6 Å². The van der Waals surface area contributed by atoms with Gasteiger partial charge in [0, 0.05) is 11.8 Å². The second-order valence-electron chi connectivity index (χ2n) is 4.12. The van der Waals surface area contributed by atoms with Gasteiger partial charge in [0.25, 0.3) is 11.1 Å². The van der Waals surface area contributed by atoms with Crippen LogP contribution in [0, 0.1) is 0 Å². The van der Waals surface area contributed by atoms with Crippen LogP contribution in [0.1, 0.15) is 10.4 Å². The van der Waals surface area contributed by atoms with E-state index in [-0.39, 0.29) is 11.7 Å². The Morgan fingerprint density at radius 2 is 2.36 bits per heavy atom. The van der Waals surface area contributed by atoms with Crippen molar-refractivity contribution < 1.29 is 14.0 Å². The van der Waals surface area contributed by atoms with Gasteiger partial charge in [0.15, 0.2) is 6.29 Å². The molecule has 3 aromatic heterocycles. The molecule has 112 valence electrons. The molecule has 0 aliphatic rings. The SMILES string of the molecule is O=Cc1ccsc1NC(=O)CSc1nnc(-c2ccc[nH]2)o1. The molecule has 0 aliphatic carbocycles. The lowest BCUT2D eigenvalue weighted by molar-refractivity contribution is -0.113. The van der Waals surface area contributed by atoms with Crippen LogP contribution in [0.5, 0.6) is 0 Å². The predicted molar refractivity (Wildman–Crippen MR) is 83.1 cm³/mol. The van der Waals surface area contributed by atoms with Crippen molar-refractivity contribution in [2.75, 3.05) is 11.1 Å². The normalized spacial score (nSPS) is 10.5. The molecule has 0 aromatic carbocycles. The zero-order valence-corrected chi connectivity index (χ0v) is 12.7. The van der Waals surface area contributed by atoms with Gasteiger partial charge in [0.05, 0.1) is 5.75 Å². The number of anilines is 1. The Labute approximate surface area is 133 Å². The van der Waals surface area contributed by atoms with E-state index in [4.69, 9.17) is 4.42 Å². The van der Waals surface area contributed by atoms with Crippen LogP contribution >= 0.6 is 23.1 Å². The maximum Gasteiger partial charge on any atom is 0.277 e. The number of carbonyl (C=O) groups excluding carboxylic acids is 2. The minimum atomic E-state index is -0.241. The van der Waals surface area contributed by atoms with Gasteiger partial charge < -0.3 is 14.7 Å². The summed E-state index contributed by atoms with van der Waals surface area (Å²) in [6.45, 7) is 0. The average molecular weight is 334 g/mol. The van der Waals surface area contributed by atoms with Crippen LogP contribution in [0.3, 0.4) is 0 Å². The van der Waals surface area contributed by atoms with Crippen molar-refractivity contribution in [2.24, 2.45) is 0 Å². The molecular weight excluding hydrogens is 324 g/mol. The number of aldehydes is 1. The molecule has 3 aromatic rings. The van der Waals surface area contributed by atoms with E-state index >= 15 is 0 Å². The Hall–Kier alpha value is -2.39. The Balaban J connectivity index is 1.56. The number of hydrogen-bond acceptors (Lipinski definition) is 7. The predicted octanol–water partition coefficient (Wildman–Crippen LogP) is 2.67. The van der Waals surface area contributed by atoms with Crippen molar-refractivity contribution in [1.29, 1.82) is 0 Å². The number of nitrogens with zero attached hydrogens (tertiary/aromatic N) is 2. The van der Waals surface area contributed by atoms with Crippen LogP contribution < -0.4 is 5.32 Å². The summed E-state index contributed by atoms with van der Waals surface area (Å²) in [5.41, 5.74) is 1.19. The summed E-state index contributed by atoms with van der Waals surface area (Å²) in [7, 11) is 0. The van der Waals surface area contributed by atoms with Gasteiger partial charge in [-0.1, -0.05) is 11.8 Å². The molecule has 0 radical (unpaired) electrons. The Bertz CT molecular complexity index is 779. The first kappa shape index (κ1) is 14.5. The van der Waals surface area contributed by atoms with Crippen molar-refractivity contribution in [3.63, 3.8) is 0 Å². The maximum atomic E-state index is 11.9. The van der Waals surface area contributed by atoms with Crippen LogP contribution in [0.2, 0.25) is 0 Å². The fourth-order valence-electron chi connectivity index (χ4n) is 1.64. The third kappa shape index (κ3) is 3.26. The number of thioether (sulfide) groups is 1. The molecular formula is C13H10N4O3S2. The largest absolute Gasteiger partial charge is 0.410 e. The summed E-state index contributed by atoms with van der Waals surface area (Å²) in [4.78, 5) is 25.6. The third-order valence-electron chi connectivity index (χ3n) is 2.64. The molecule has 22 heavy (non-hydrogen) atoms. The summed E-state index contributed by atoms with van der Waals surface area (Å²) in [6, 6.07) is 5.29. The highest BCUT2D eigenvalue weighted by Gasteiger charge is 2.13. The van der Waals surface area contributed by atoms with Crippen molar-refractivity contribution >= 4 is 40.3 Å². The molecule has 1 amide bonds. The number of rotatable bonds is 6. The van der Waals surface area contributed by atoms with E-state index in [2.05, 4.69) is 20.5 Å².